The molecule has 0 saturated carbocycles. The molecule has 1 N–H and O–H groups in total. The fourth-order valence-electron chi connectivity index (χ4n) is 1.13. The van der Waals surface area contributed by atoms with Crippen molar-refractivity contribution in [3.8, 4) is 0 Å². The van der Waals surface area contributed by atoms with Gasteiger partial charge in [-0.15, -0.1) is 0 Å². The number of hydrogen-bond donors (Lipinski definition) is 1. The molecule has 0 aliphatic rings. The molecule has 0 amide bonds. The summed E-state index contributed by atoms with van der Waals surface area (Å²) in [6.45, 7) is 1.91. The number of halogens is 2. The Hall–Kier alpha value is -0.960. The van der Waals surface area contributed by atoms with Gasteiger partial charge in [0, 0.05) is 17.7 Å². The molecule has 70 valence electrons. The van der Waals surface area contributed by atoms with E-state index >= 15 is 0 Å². The molecule has 4 heteroatoms. The molecule has 1 rings (SSSR count). The number of nitrogens with one attached hydrogen (secondary N) is 1. The molecule has 0 fully saturated rings. The molecule has 0 radical (unpaired) electrons. The molecule has 0 spiro atoms. The summed E-state index contributed by atoms with van der Waals surface area (Å²) in [5, 5.41) is 7.41. The van der Waals surface area contributed by atoms with Gasteiger partial charge in [-0.2, -0.15) is 0 Å². The van der Waals surface area contributed by atoms with E-state index in [4.69, 9.17) is 17.0 Å². The Morgan fingerprint density at radius 1 is 1.77 bits per heavy atom. The van der Waals surface area contributed by atoms with Crippen LogP contribution >= 0.6 is 11.6 Å². The number of nitrogens with zero attached hydrogens (tertiary/aromatic N) is 1. The zero-order valence-electron chi connectivity index (χ0n) is 7.22. The lowest BCUT2D eigenvalue weighted by Crippen LogP contribution is -2.01. The van der Waals surface area contributed by atoms with Crippen molar-refractivity contribution < 1.29 is 4.39 Å². The highest BCUT2D eigenvalue weighted by atomic mass is 35.5. The summed E-state index contributed by atoms with van der Waals surface area (Å²) >= 11 is 5.77. The quantitative estimate of drug-likeness (QED) is 0.591. The molecule has 13 heavy (non-hydrogen) atoms. The SMILES string of the molecule is CC[C@@H](C=N)c1cc(F)cnc1Cl. The number of rotatable bonds is 3. The fraction of sp³-hybridized carbons (Fsp3) is 0.333. The maximum absolute atomic E-state index is 12.8. The predicted octanol–water partition coefficient (Wildman–Crippen LogP) is 3.02. The van der Waals surface area contributed by atoms with Gasteiger partial charge in [-0.25, -0.2) is 9.37 Å². The Kier molecular flexibility index (Phi) is 3.37. The second-order valence-electron chi connectivity index (χ2n) is 2.71. The van der Waals surface area contributed by atoms with E-state index in [-0.39, 0.29) is 11.1 Å². The van der Waals surface area contributed by atoms with E-state index in [0.29, 0.717) is 12.0 Å². The van der Waals surface area contributed by atoms with E-state index in [9.17, 15) is 4.39 Å². The molecule has 0 aliphatic heterocycles. The van der Waals surface area contributed by atoms with E-state index in [1.54, 1.807) is 0 Å². The van der Waals surface area contributed by atoms with Crippen molar-refractivity contribution in [1.29, 1.82) is 5.41 Å². The lowest BCUT2D eigenvalue weighted by molar-refractivity contribution is 0.617. The van der Waals surface area contributed by atoms with Crippen LogP contribution in [0.4, 0.5) is 4.39 Å². The minimum atomic E-state index is -0.417. The van der Waals surface area contributed by atoms with Crippen LogP contribution in [-0.4, -0.2) is 11.2 Å². The van der Waals surface area contributed by atoms with Crippen LogP contribution in [0.5, 0.6) is 0 Å². The van der Waals surface area contributed by atoms with Gasteiger partial charge in [0.1, 0.15) is 11.0 Å². The van der Waals surface area contributed by atoms with E-state index < -0.39 is 5.82 Å². The maximum Gasteiger partial charge on any atom is 0.141 e. The van der Waals surface area contributed by atoms with Gasteiger partial charge < -0.3 is 5.41 Å². The van der Waals surface area contributed by atoms with Crippen LogP contribution in [-0.2, 0) is 0 Å². The Morgan fingerprint density at radius 2 is 2.46 bits per heavy atom. The molecule has 0 bridgehead atoms. The first-order valence-electron chi connectivity index (χ1n) is 4.00. The normalized spacial score (nSPS) is 12.5. The van der Waals surface area contributed by atoms with Crippen LogP contribution in [0, 0.1) is 11.2 Å². The molecule has 1 aromatic heterocycles. The topological polar surface area (TPSA) is 36.7 Å². The minimum Gasteiger partial charge on any atom is -0.312 e. The van der Waals surface area contributed by atoms with E-state index in [0.717, 1.165) is 6.20 Å². The lowest BCUT2D eigenvalue weighted by atomic mass is 10.00. The fourth-order valence-corrected chi connectivity index (χ4v) is 1.37. The first-order valence-corrected chi connectivity index (χ1v) is 4.38. The Morgan fingerprint density at radius 3 is 3.00 bits per heavy atom. The van der Waals surface area contributed by atoms with Gasteiger partial charge in [0.25, 0.3) is 0 Å². The van der Waals surface area contributed by atoms with Gasteiger partial charge in [-0.05, 0) is 12.5 Å². The molecule has 1 heterocycles. The first kappa shape index (κ1) is 10.1. The van der Waals surface area contributed by atoms with Crippen LogP contribution in [0.1, 0.15) is 24.8 Å². The second-order valence-corrected chi connectivity index (χ2v) is 3.07. The molecule has 0 aromatic carbocycles. The highest BCUT2D eigenvalue weighted by Crippen LogP contribution is 2.24. The summed E-state index contributed by atoms with van der Waals surface area (Å²) in [6, 6.07) is 1.33. The van der Waals surface area contributed by atoms with E-state index in [1.165, 1.54) is 12.3 Å². The third-order valence-electron chi connectivity index (χ3n) is 1.87. The van der Waals surface area contributed by atoms with Gasteiger partial charge >= 0.3 is 0 Å². The Labute approximate surface area is 81.3 Å². The molecule has 1 aromatic rings. The van der Waals surface area contributed by atoms with Gasteiger partial charge in [0.15, 0.2) is 0 Å². The first-order chi connectivity index (χ1) is 6.19. The maximum atomic E-state index is 12.8. The third-order valence-corrected chi connectivity index (χ3v) is 2.19. The van der Waals surface area contributed by atoms with Crippen molar-refractivity contribution in [2.24, 2.45) is 0 Å². The number of pyridine rings is 1. The highest BCUT2D eigenvalue weighted by Gasteiger charge is 2.11. The average Bonchev–Trinajstić information content (AvgIpc) is 2.13. The zero-order chi connectivity index (χ0) is 9.84. The van der Waals surface area contributed by atoms with Crippen LogP contribution in [0.3, 0.4) is 0 Å². The molecular formula is C9H10ClFN2. The van der Waals surface area contributed by atoms with Gasteiger partial charge in [0.05, 0.1) is 6.20 Å². The number of hydrogen-bond acceptors (Lipinski definition) is 2. The standard InChI is InChI=1S/C9H10ClFN2/c1-2-6(4-12)8-3-7(11)5-13-9(8)10/h3-6,12H,2H2,1H3/t6-/m0/s1. The predicted molar refractivity (Wildman–Crippen MR) is 51.0 cm³/mol. The molecular weight excluding hydrogens is 191 g/mol. The van der Waals surface area contributed by atoms with Crippen molar-refractivity contribution in [3.05, 3.63) is 28.8 Å². The zero-order valence-corrected chi connectivity index (χ0v) is 7.98. The minimum absolute atomic E-state index is 0.143. The summed E-state index contributed by atoms with van der Waals surface area (Å²) in [6.07, 6.45) is 3.04. The lowest BCUT2D eigenvalue weighted by Gasteiger charge is -2.09. The van der Waals surface area contributed by atoms with Crippen LogP contribution < -0.4 is 0 Å². The van der Waals surface area contributed by atoms with Gasteiger partial charge in [-0.3, -0.25) is 0 Å². The molecule has 0 saturated heterocycles. The Bertz CT molecular complexity index is 314. The van der Waals surface area contributed by atoms with Crippen molar-refractivity contribution in [3.63, 3.8) is 0 Å². The van der Waals surface area contributed by atoms with Crippen molar-refractivity contribution in [1.82, 2.24) is 4.98 Å². The molecule has 0 aliphatic carbocycles. The van der Waals surface area contributed by atoms with Crippen molar-refractivity contribution >= 4 is 17.8 Å². The van der Waals surface area contributed by atoms with Gasteiger partial charge in [-0.1, -0.05) is 18.5 Å². The summed E-state index contributed by atoms with van der Waals surface area (Å²) in [5.74, 6) is -0.560. The summed E-state index contributed by atoms with van der Waals surface area (Å²) < 4.78 is 12.8. The smallest absolute Gasteiger partial charge is 0.141 e. The summed E-state index contributed by atoms with van der Waals surface area (Å²) in [4.78, 5) is 3.68. The van der Waals surface area contributed by atoms with E-state index in [2.05, 4.69) is 4.98 Å². The average molecular weight is 201 g/mol. The van der Waals surface area contributed by atoms with Crippen LogP contribution in [0.2, 0.25) is 5.15 Å². The van der Waals surface area contributed by atoms with Crippen molar-refractivity contribution in [2.75, 3.05) is 0 Å². The summed E-state index contributed by atoms with van der Waals surface area (Å²) in [5.41, 5.74) is 0.583. The van der Waals surface area contributed by atoms with Crippen LogP contribution in [0.15, 0.2) is 12.3 Å². The Balaban J connectivity index is 3.10. The molecule has 1 atom stereocenters. The third kappa shape index (κ3) is 2.25. The van der Waals surface area contributed by atoms with Crippen molar-refractivity contribution in [2.45, 2.75) is 19.3 Å². The summed E-state index contributed by atoms with van der Waals surface area (Å²) in [7, 11) is 0. The molecule has 2 nitrogen and oxygen atoms in total. The monoisotopic (exact) mass is 200 g/mol. The van der Waals surface area contributed by atoms with Crippen LogP contribution in [0.25, 0.3) is 0 Å². The highest BCUT2D eigenvalue weighted by molar-refractivity contribution is 6.30. The van der Waals surface area contributed by atoms with E-state index in [1.807, 2.05) is 6.92 Å². The molecule has 0 unspecified atom stereocenters. The second kappa shape index (κ2) is 4.33. The largest absolute Gasteiger partial charge is 0.312 e. The van der Waals surface area contributed by atoms with Gasteiger partial charge in [0.2, 0.25) is 0 Å². The number of aromatic nitrogens is 1.